The molecule has 1 aromatic carbocycles. The Bertz CT molecular complexity index is 554. The van der Waals surface area contributed by atoms with Crippen LogP contribution in [0.4, 0.5) is 0 Å². The summed E-state index contributed by atoms with van der Waals surface area (Å²) < 4.78 is 11.0. The molecular weight excluding hydrogens is 310 g/mol. The Morgan fingerprint density at radius 2 is 1.83 bits per heavy atom. The van der Waals surface area contributed by atoms with Crippen molar-refractivity contribution in [2.24, 2.45) is 11.3 Å². The highest BCUT2D eigenvalue weighted by Crippen LogP contribution is 2.20. The van der Waals surface area contributed by atoms with Crippen LogP contribution in [0.15, 0.2) is 24.3 Å². The molecular formula is C18H27NO5. The average Bonchev–Trinajstić information content (AvgIpc) is 2.51. The lowest BCUT2D eigenvalue weighted by Gasteiger charge is -2.18. The predicted octanol–water partition coefficient (Wildman–Crippen LogP) is 2.72. The summed E-state index contributed by atoms with van der Waals surface area (Å²) in [6.45, 7) is 8.16. The first kappa shape index (κ1) is 19.8. The normalized spacial score (nSPS) is 11.2. The maximum absolute atomic E-state index is 11.8. The van der Waals surface area contributed by atoms with Gasteiger partial charge in [0.05, 0.1) is 12.0 Å². The number of hydrogen-bond acceptors (Lipinski definition) is 4. The van der Waals surface area contributed by atoms with Crippen molar-refractivity contribution >= 4 is 11.9 Å². The lowest BCUT2D eigenvalue weighted by atomic mass is 9.90. The van der Waals surface area contributed by atoms with Crippen molar-refractivity contribution < 1.29 is 24.2 Å². The molecule has 0 aliphatic heterocycles. The first-order valence-electron chi connectivity index (χ1n) is 8.06. The molecule has 1 rings (SSSR count). The van der Waals surface area contributed by atoms with Gasteiger partial charge in [0.2, 0.25) is 0 Å². The minimum absolute atomic E-state index is 0.124. The highest BCUT2D eigenvalue weighted by molar-refractivity contribution is 5.77. The van der Waals surface area contributed by atoms with Gasteiger partial charge in [0.1, 0.15) is 11.5 Å². The molecule has 6 heteroatoms. The maximum atomic E-state index is 11.8. The van der Waals surface area contributed by atoms with Gasteiger partial charge in [0, 0.05) is 12.6 Å². The molecule has 6 nitrogen and oxygen atoms in total. The Hall–Kier alpha value is -2.24. The first-order valence-corrected chi connectivity index (χ1v) is 8.06. The maximum Gasteiger partial charge on any atom is 0.309 e. The van der Waals surface area contributed by atoms with Gasteiger partial charge in [-0.2, -0.15) is 0 Å². The second-order valence-corrected chi connectivity index (χ2v) is 6.76. The van der Waals surface area contributed by atoms with Crippen LogP contribution in [-0.2, 0) is 9.59 Å². The van der Waals surface area contributed by atoms with E-state index in [0.717, 1.165) is 0 Å². The lowest BCUT2D eigenvalue weighted by molar-refractivity contribution is -0.147. The molecule has 1 aromatic rings. The van der Waals surface area contributed by atoms with Gasteiger partial charge in [-0.25, -0.2) is 0 Å². The standard InChI is InChI=1S/C18H27NO5/c1-13(2)11-23-14-6-5-7-15(10-14)24-12-16(20)19-9-8-18(3,4)17(21)22/h5-7,10,13H,8-9,11-12H2,1-4H3,(H,19,20)(H,21,22). The molecule has 0 aliphatic rings. The number of ether oxygens (including phenoxy) is 2. The van der Waals surface area contributed by atoms with Gasteiger partial charge in [0.25, 0.3) is 5.91 Å². The molecule has 0 saturated carbocycles. The van der Waals surface area contributed by atoms with Crippen LogP contribution < -0.4 is 14.8 Å². The van der Waals surface area contributed by atoms with Crippen molar-refractivity contribution in [3.63, 3.8) is 0 Å². The van der Waals surface area contributed by atoms with Gasteiger partial charge in [0.15, 0.2) is 6.61 Å². The average molecular weight is 337 g/mol. The molecule has 0 saturated heterocycles. The number of rotatable bonds is 10. The smallest absolute Gasteiger partial charge is 0.309 e. The Balaban J connectivity index is 2.36. The van der Waals surface area contributed by atoms with Crippen molar-refractivity contribution in [3.8, 4) is 11.5 Å². The molecule has 2 N–H and O–H groups in total. The molecule has 0 unspecified atom stereocenters. The van der Waals surface area contributed by atoms with Crippen LogP contribution in [0, 0.1) is 11.3 Å². The van der Waals surface area contributed by atoms with Crippen LogP contribution in [-0.4, -0.2) is 36.7 Å². The number of aliphatic carboxylic acids is 1. The highest BCUT2D eigenvalue weighted by atomic mass is 16.5. The number of carbonyl (C=O) groups is 2. The van der Waals surface area contributed by atoms with Gasteiger partial charge in [-0.15, -0.1) is 0 Å². The summed E-state index contributed by atoms with van der Waals surface area (Å²) in [5.74, 6) is 0.508. The van der Waals surface area contributed by atoms with E-state index < -0.39 is 11.4 Å². The quantitative estimate of drug-likeness (QED) is 0.686. The third kappa shape index (κ3) is 7.35. The minimum atomic E-state index is -0.883. The number of carbonyl (C=O) groups excluding carboxylic acids is 1. The molecule has 134 valence electrons. The summed E-state index contributed by atoms with van der Waals surface area (Å²) in [4.78, 5) is 22.7. The van der Waals surface area contributed by atoms with Crippen molar-refractivity contribution in [3.05, 3.63) is 24.3 Å². The molecule has 1 amide bonds. The second-order valence-electron chi connectivity index (χ2n) is 6.76. The number of hydrogen-bond donors (Lipinski definition) is 2. The topological polar surface area (TPSA) is 84.9 Å². The fourth-order valence-electron chi connectivity index (χ4n) is 1.74. The summed E-state index contributed by atoms with van der Waals surface area (Å²) >= 11 is 0. The van der Waals surface area contributed by atoms with E-state index in [-0.39, 0.29) is 12.5 Å². The van der Waals surface area contributed by atoms with Gasteiger partial charge in [-0.1, -0.05) is 19.9 Å². The molecule has 0 bridgehead atoms. The Morgan fingerprint density at radius 3 is 2.42 bits per heavy atom. The Kier molecular flexibility index (Phi) is 7.55. The zero-order valence-corrected chi connectivity index (χ0v) is 14.8. The zero-order chi connectivity index (χ0) is 18.2. The third-order valence-electron chi connectivity index (χ3n) is 3.41. The minimum Gasteiger partial charge on any atom is -0.493 e. The van der Waals surface area contributed by atoms with Crippen LogP contribution in [0.5, 0.6) is 11.5 Å². The van der Waals surface area contributed by atoms with E-state index in [1.165, 1.54) is 0 Å². The summed E-state index contributed by atoms with van der Waals surface area (Å²) in [6.07, 6.45) is 0.354. The first-order chi connectivity index (χ1) is 11.2. The van der Waals surface area contributed by atoms with Gasteiger partial charge in [-0.3, -0.25) is 9.59 Å². The predicted molar refractivity (Wildman–Crippen MR) is 91.3 cm³/mol. The largest absolute Gasteiger partial charge is 0.493 e. The van der Waals surface area contributed by atoms with E-state index >= 15 is 0 Å². The number of nitrogens with one attached hydrogen (secondary N) is 1. The van der Waals surface area contributed by atoms with E-state index in [0.29, 0.717) is 37.0 Å². The van der Waals surface area contributed by atoms with Crippen molar-refractivity contribution in [2.75, 3.05) is 19.8 Å². The fourth-order valence-corrected chi connectivity index (χ4v) is 1.74. The van der Waals surface area contributed by atoms with Gasteiger partial charge >= 0.3 is 5.97 Å². The number of amides is 1. The van der Waals surface area contributed by atoms with Gasteiger partial charge < -0.3 is 19.9 Å². The highest BCUT2D eigenvalue weighted by Gasteiger charge is 2.26. The number of benzene rings is 1. The number of carboxylic acids is 1. The zero-order valence-electron chi connectivity index (χ0n) is 14.8. The van der Waals surface area contributed by atoms with Crippen LogP contribution in [0.25, 0.3) is 0 Å². The summed E-state index contributed by atoms with van der Waals surface area (Å²) in [5.41, 5.74) is -0.865. The van der Waals surface area contributed by atoms with E-state index in [1.54, 1.807) is 32.0 Å². The van der Waals surface area contributed by atoms with Gasteiger partial charge in [-0.05, 0) is 38.3 Å². The SMILES string of the molecule is CC(C)COc1cccc(OCC(=O)NCCC(C)(C)C(=O)O)c1. The lowest BCUT2D eigenvalue weighted by Crippen LogP contribution is -2.34. The summed E-state index contributed by atoms with van der Waals surface area (Å²) in [5, 5.41) is 11.7. The Morgan fingerprint density at radius 1 is 1.21 bits per heavy atom. The third-order valence-corrected chi connectivity index (χ3v) is 3.41. The van der Waals surface area contributed by atoms with Crippen molar-refractivity contribution in [1.82, 2.24) is 5.32 Å². The fraction of sp³-hybridized carbons (Fsp3) is 0.556. The summed E-state index contributed by atoms with van der Waals surface area (Å²) in [6, 6.07) is 7.13. The van der Waals surface area contributed by atoms with E-state index in [1.807, 2.05) is 6.07 Å². The molecule has 0 radical (unpaired) electrons. The molecule has 0 heterocycles. The van der Waals surface area contributed by atoms with Crippen LogP contribution in [0.2, 0.25) is 0 Å². The molecule has 0 spiro atoms. The van der Waals surface area contributed by atoms with E-state index in [9.17, 15) is 9.59 Å². The molecule has 0 aliphatic carbocycles. The van der Waals surface area contributed by atoms with Crippen LogP contribution in [0.1, 0.15) is 34.1 Å². The van der Waals surface area contributed by atoms with Crippen LogP contribution >= 0.6 is 0 Å². The van der Waals surface area contributed by atoms with E-state index in [4.69, 9.17) is 14.6 Å². The van der Waals surface area contributed by atoms with Crippen molar-refractivity contribution in [2.45, 2.75) is 34.1 Å². The molecule has 0 fully saturated rings. The van der Waals surface area contributed by atoms with E-state index in [2.05, 4.69) is 19.2 Å². The molecule has 0 atom stereocenters. The second kappa shape index (κ2) is 9.15. The molecule has 0 aromatic heterocycles. The Labute approximate surface area is 143 Å². The number of carboxylic acid groups (broad SMARTS) is 1. The van der Waals surface area contributed by atoms with Crippen LogP contribution in [0.3, 0.4) is 0 Å². The van der Waals surface area contributed by atoms with Crippen molar-refractivity contribution in [1.29, 1.82) is 0 Å². The monoisotopic (exact) mass is 337 g/mol. The molecule has 24 heavy (non-hydrogen) atoms. The summed E-state index contributed by atoms with van der Waals surface area (Å²) in [7, 11) is 0.